The fraction of sp³-hybridized carbons (Fsp3) is 0.800. The molecule has 3 saturated heterocycles. The highest BCUT2D eigenvalue weighted by atomic mass is 32.2. The highest BCUT2D eigenvalue weighted by Gasteiger charge is 2.58. The predicted octanol–water partition coefficient (Wildman–Crippen LogP) is 6.48. The van der Waals surface area contributed by atoms with Gasteiger partial charge in [0.1, 0.15) is 73.5 Å². The molecular formula is C45H70N6O16S. The number of thioether (sulfide) groups is 1. The fourth-order valence-corrected chi connectivity index (χ4v) is 8.87. The normalized spacial score (nSPS) is 31.4. The van der Waals surface area contributed by atoms with Crippen molar-refractivity contribution in [2.75, 3.05) is 46.8 Å². The van der Waals surface area contributed by atoms with Crippen LogP contribution in [0.15, 0.2) is 45.5 Å². The van der Waals surface area contributed by atoms with Gasteiger partial charge in [0.25, 0.3) is 0 Å². The van der Waals surface area contributed by atoms with Gasteiger partial charge in [-0.05, 0) is 48.9 Å². The molecule has 15 atom stereocenters. The van der Waals surface area contributed by atoms with E-state index >= 15 is 0 Å². The Morgan fingerprint density at radius 1 is 0.647 bits per heavy atom. The maximum Gasteiger partial charge on any atom is 0.337 e. The van der Waals surface area contributed by atoms with Crippen LogP contribution in [0.1, 0.15) is 92.9 Å². The first-order valence-electron chi connectivity index (χ1n) is 23.5. The summed E-state index contributed by atoms with van der Waals surface area (Å²) in [6, 6.07) is 6.65. The van der Waals surface area contributed by atoms with Gasteiger partial charge in [0, 0.05) is 55.0 Å². The quantitative estimate of drug-likeness (QED) is 0.0224. The third-order valence-electron chi connectivity index (χ3n) is 11.3. The first kappa shape index (κ1) is 56.8. The summed E-state index contributed by atoms with van der Waals surface area (Å²) < 4.78 is 74.9. The zero-order chi connectivity index (χ0) is 49.4. The summed E-state index contributed by atoms with van der Waals surface area (Å²) in [5.41, 5.74) is 18.7. The van der Waals surface area contributed by atoms with Gasteiger partial charge in [-0.15, -0.1) is 0 Å². The van der Waals surface area contributed by atoms with Gasteiger partial charge in [-0.2, -0.15) is 0 Å². The van der Waals surface area contributed by atoms with Crippen LogP contribution in [0.2, 0.25) is 0 Å². The van der Waals surface area contributed by atoms with Crippen LogP contribution in [0.4, 0.5) is 0 Å². The van der Waals surface area contributed by atoms with E-state index in [4.69, 9.17) is 56.8 Å². The van der Waals surface area contributed by atoms with Gasteiger partial charge < -0.3 is 61.9 Å². The van der Waals surface area contributed by atoms with E-state index in [1.165, 1.54) is 25.6 Å². The van der Waals surface area contributed by atoms with Crippen molar-refractivity contribution < 1.29 is 76.3 Å². The van der Waals surface area contributed by atoms with Crippen molar-refractivity contribution in [2.45, 2.75) is 189 Å². The molecule has 22 nitrogen and oxygen atoms in total. The van der Waals surface area contributed by atoms with Gasteiger partial charge in [0.15, 0.2) is 18.7 Å². The van der Waals surface area contributed by atoms with Gasteiger partial charge >= 0.3 is 17.9 Å². The lowest BCUT2D eigenvalue weighted by Crippen LogP contribution is -2.68. The van der Waals surface area contributed by atoms with Crippen LogP contribution in [-0.4, -0.2) is 161 Å². The van der Waals surface area contributed by atoms with Crippen LogP contribution in [0.5, 0.6) is 0 Å². The number of carbonyl (C=O) groups excluding carboxylic acids is 3. The number of aliphatic hydroxyl groups is 1. The van der Waals surface area contributed by atoms with Crippen LogP contribution in [0.25, 0.3) is 20.9 Å². The predicted molar refractivity (Wildman–Crippen MR) is 244 cm³/mol. The number of aliphatic hydroxyl groups excluding tert-OH is 1. The fourth-order valence-electron chi connectivity index (χ4n) is 7.74. The monoisotopic (exact) mass is 982 g/mol. The SMILES string of the molecule is CCCCOC1[C@H](O[C@H]2OC(COC(C)=O)[C@@H](OCCCC)[C@H](OCCCC)C2N=[N+]=[N-])C(C(=O)OC)O[C@@H](O[C@@H]2C(COC(C)=O)O[C@@H](Sc3ccccc3)C(N=[N+]=[N-])[C@H]2O)[C@H]1OCCCC. The first-order valence-corrected chi connectivity index (χ1v) is 24.4. The molecule has 23 heteroatoms. The van der Waals surface area contributed by atoms with Crippen molar-refractivity contribution >= 4 is 29.7 Å². The molecule has 1 N–H and O–H groups in total. The second-order valence-electron chi connectivity index (χ2n) is 16.4. The van der Waals surface area contributed by atoms with E-state index in [0.717, 1.165) is 37.7 Å². The van der Waals surface area contributed by atoms with E-state index in [2.05, 4.69) is 20.1 Å². The van der Waals surface area contributed by atoms with E-state index in [1.807, 2.05) is 58.0 Å². The molecule has 0 spiro atoms. The molecule has 68 heavy (non-hydrogen) atoms. The molecule has 6 unspecified atom stereocenters. The Labute approximate surface area is 402 Å². The van der Waals surface area contributed by atoms with Crippen LogP contribution in [0.3, 0.4) is 0 Å². The second kappa shape index (κ2) is 30.7. The molecule has 0 saturated carbocycles. The van der Waals surface area contributed by atoms with Crippen molar-refractivity contribution in [3.63, 3.8) is 0 Å². The largest absolute Gasteiger partial charge is 0.467 e. The highest BCUT2D eigenvalue weighted by Crippen LogP contribution is 2.40. The number of nitrogens with zero attached hydrogens (tertiary/aromatic N) is 6. The number of azide groups is 2. The molecule has 4 rings (SSSR count). The zero-order valence-corrected chi connectivity index (χ0v) is 40.9. The lowest BCUT2D eigenvalue weighted by Gasteiger charge is -2.50. The third kappa shape index (κ3) is 16.7. The summed E-state index contributed by atoms with van der Waals surface area (Å²) in [6.07, 6.45) is -10.0. The Bertz CT molecular complexity index is 1760. The maximum absolute atomic E-state index is 14.1. The van der Waals surface area contributed by atoms with Crippen LogP contribution < -0.4 is 0 Å². The highest BCUT2D eigenvalue weighted by molar-refractivity contribution is 7.99. The Hall–Kier alpha value is -3.80. The number of methoxy groups -OCH3 is 1. The van der Waals surface area contributed by atoms with E-state index < -0.39 is 109 Å². The van der Waals surface area contributed by atoms with E-state index in [-0.39, 0.29) is 33.0 Å². The standard InChI is InChI=1S/C45H70N6O16S/c1-8-12-21-57-36-31(26-62-28(6)53)63-43(33(49-51-47)37(36)58-22-13-9-2)66-39-38(59-23-14-10-3)41(60-24-15-11-4)44(67-40(39)42(55)56-7)65-35-30(25-61-27(5)52)64-45(32(34(35)54)48-50-46)68-29-19-17-16-18-20-29/h16-20,30-41,43-45,54H,8-15,21-26H2,1-7H3/t30?,31?,32?,33?,34-,35-,36-,37-,38?,39+,40?,41+,43-,44-,45+/m1/s1. The lowest BCUT2D eigenvalue weighted by atomic mass is 9.94. The van der Waals surface area contributed by atoms with Crippen molar-refractivity contribution in [3.05, 3.63) is 51.2 Å². The minimum absolute atomic E-state index is 0.146. The van der Waals surface area contributed by atoms with Crippen molar-refractivity contribution in [1.29, 1.82) is 0 Å². The van der Waals surface area contributed by atoms with Gasteiger partial charge in [-0.25, -0.2) is 4.79 Å². The molecule has 382 valence electrons. The smallest absolute Gasteiger partial charge is 0.337 e. The molecule has 3 aliphatic heterocycles. The number of rotatable bonds is 29. The molecule has 0 amide bonds. The summed E-state index contributed by atoms with van der Waals surface area (Å²) in [5.74, 6) is -2.13. The summed E-state index contributed by atoms with van der Waals surface area (Å²) in [7, 11) is 1.16. The molecule has 3 heterocycles. The number of esters is 3. The Morgan fingerprint density at radius 3 is 1.68 bits per heavy atom. The van der Waals surface area contributed by atoms with Crippen molar-refractivity contribution in [1.82, 2.24) is 0 Å². The van der Waals surface area contributed by atoms with E-state index in [1.54, 1.807) is 0 Å². The van der Waals surface area contributed by atoms with E-state index in [9.17, 15) is 30.6 Å². The number of carbonyl (C=O) groups is 3. The summed E-state index contributed by atoms with van der Waals surface area (Å²) in [6.45, 7) is 10.6. The minimum atomic E-state index is -1.66. The van der Waals surface area contributed by atoms with Gasteiger partial charge in [-0.1, -0.05) is 93.6 Å². The van der Waals surface area contributed by atoms with Crippen LogP contribution >= 0.6 is 11.8 Å². The second-order valence-corrected chi connectivity index (χ2v) is 17.6. The number of ether oxygens (including phenoxy) is 12. The first-order chi connectivity index (χ1) is 33.0. The van der Waals surface area contributed by atoms with Crippen LogP contribution in [0, 0.1) is 0 Å². The van der Waals surface area contributed by atoms with Crippen molar-refractivity contribution in [3.8, 4) is 0 Å². The average molecular weight is 983 g/mol. The van der Waals surface area contributed by atoms with Crippen molar-refractivity contribution in [2.24, 2.45) is 10.2 Å². The maximum atomic E-state index is 14.1. The van der Waals surface area contributed by atoms with Crippen LogP contribution in [-0.2, 0) is 71.2 Å². The molecule has 3 aliphatic rings. The Morgan fingerprint density at radius 2 is 1.15 bits per heavy atom. The summed E-state index contributed by atoms with van der Waals surface area (Å²) >= 11 is 1.19. The summed E-state index contributed by atoms with van der Waals surface area (Å²) in [5, 5.41) is 20.1. The lowest BCUT2D eigenvalue weighted by molar-refractivity contribution is -0.364. The molecule has 0 bridgehead atoms. The number of hydrogen-bond donors (Lipinski definition) is 1. The third-order valence-corrected chi connectivity index (χ3v) is 12.4. The molecule has 1 aromatic rings. The molecule has 0 aromatic heterocycles. The Kier molecular flexibility index (Phi) is 25.7. The van der Waals surface area contributed by atoms with Gasteiger partial charge in [0.05, 0.1) is 19.3 Å². The molecular weight excluding hydrogens is 913 g/mol. The number of hydrogen-bond acceptors (Lipinski definition) is 19. The topological polar surface area (TPSA) is 280 Å². The van der Waals surface area contributed by atoms with Gasteiger partial charge in [0.2, 0.25) is 0 Å². The number of unbranched alkanes of at least 4 members (excludes halogenated alkanes) is 4. The molecule has 3 fully saturated rings. The molecule has 0 radical (unpaired) electrons. The average Bonchev–Trinajstić information content (AvgIpc) is 3.32. The van der Waals surface area contributed by atoms with E-state index in [0.29, 0.717) is 32.3 Å². The molecule has 0 aliphatic carbocycles. The Balaban J connectivity index is 1.83. The minimum Gasteiger partial charge on any atom is -0.467 e. The summed E-state index contributed by atoms with van der Waals surface area (Å²) in [4.78, 5) is 45.3. The zero-order valence-electron chi connectivity index (χ0n) is 40.1. The van der Waals surface area contributed by atoms with Gasteiger partial charge in [-0.3, -0.25) is 9.59 Å². The number of benzene rings is 1. The molecule has 1 aromatic carbocycles.